The lowest BCUT2D eigenvalue weighted by molar-refractivity contribution is -0.135. The van der Waals surface area contributed by atoms with Crippen LogP contribution in [0.25, 0.3) is 22.4 Å². The molecule has 4 aromatic carbocycles. The Kier molecular flexibility index (Phi) is 8.63. The molecule has 1 aromatic heterocycles. The molecule has 2 N–H and O–H groups in total. The van der Waals surface area contributed by atoms with Crippen molar-refractivity contribution in [1.82, 2.24) is 10.3 Å². The predicted octanol–water partition coefficient (Wildman–Crippen LogP) is 6.54. The van der Waals surface area contributed by atoms with Crippen LogP contribution in [0.4, 0.5) is 5.13 Å². The molecule has 0 radical (unpaired) electrons. The van der Waals surface area contributed by atoms with Gasteiger partial charge in [0.25, 0.3) is 5.91 Å². The maximum Gasteiger partial charge on any atom is 0.322 e. The minimum absolute atomic E-state index is 0.405. The van der Waals surface area contributed by atoms with Gasteiger partial charge in [0, 0.05) is 29.6 Å². The van der Waals surface area contributed by atoms with Gasteiger partial charge in [-0.15, -0.1) is 11.3 Å². The molecule has 0 fully saturated rings. The first kappa shape index (κ1) is 26.8. The van der Waals surface area contributed by atoms with E-state index in [0.29, 0.717) is 12.1 Å². The zero-order chi connectivity index (χ0) is 27.7. The lowest BCUT2D eigenvalue weighted by Gasteiger charge is -2.22. The lowest BCUT2D eigenvalue weighted by atomic mass is 10.0. The Balaban J connectivity index is 1.33. The van der Waals surface area contributed by atoms with Gasteiger partial charge in [0.1, 0.15) is 6.54 Å². The molecule has 0 saturated heterocycles. The van der Waals surface area contributed by atoms with E-state index in [2.05, 4.69) is 76.3 Å². The van der Waals surface area contributed by atoms with E-state index in [4.69, 9.17) is 10.1 Å². The molecule has 40 heavy (non-hydrogen) atoms. The minimum atomic E-state index is -1.08. The summed E-state index contributed by atoms with van der Waals surface area (Å²) >= 11 is 1.62. The average molecular weight is 548 g/mol. The Bertz CT molecular complexity index is 1550. The van der Waals surface area contributed by atoms with Gasteiger partial charge >= 0.3 is 5.97 Å². The van der Waals surface area contributed by atoms with Crippen LogP contribution in [-0.4, -0.2) is 35.1 Å². The van der Waals surface area contributed by atoms with E-state index in [9.17, 15) is 9.59 Å². The number of carboxylic acids is 1. The molecule has 0 unspecified atom stereocenters. The van der Waals surface area contributed by atoms with Gasteiger partial charge in [0.05, 0.1) is 5.69 Å². The number of carbonyl (C=O) groups is 2. The number of aliphatic carboxylic acids is 1. The topological polar surface area (TPSA) is 82.5 Å². The molecular weight excluding hydrogens is 518 g/mol. The summed E-state index contributed by atoms with van der Waals surface area (Å²) in [5.74, 6) is -1.48. The van der Waals surface area contributed by atoms with Crippen molar-refractivity contribution in [3.63, 3.8) is 0 Å². The molecule has 0 aliphatic carbocycles. The molecular formula is C33H29N3O3S. The molecule has 6 nitrogen and oxygen atoms in total. The number of benzene rings is 4. The molecule has 0 spiro atoms. The maximum absolute atomic E-state index is 12.2. The highest BCUT2D eigenvalue weighted by Crippen LogP contribution is 2.30. The summed E-state index contributed by atoms with van der Waals surface area (Å²) in [6.07, 6.45) is 0.872. The molecule has 0 bridgehead atoms. The lowest BCUT2D eigenvalue weighted by Crippen LogP contribution is -2.29. The molecule has 200 valence electrons. The second-order valence-electron chi connectivity index (χ2n) is 9.39. The summed E-state index contributed by atoms with van der Waals surface area (Å²) in [4.78, 5) is 30.2. The van der Waals surface area contributed by atoms with Crippen LogP contribution in [0.3, 0.4) is 0 Å². The second kappa shape index (κ2) is 12.9. The van der Waals surface area contributed by atoms with Gasteiger partial charge in [-0.05, 0) is 40.8 Å². The van der Waals surface area contributed by atoms with Gasteiger partial charge in [-0.3, -0.25) is 9.59 Å². The zero-order valence-corrected chi connectivity index (χ0v) is 22.7. The van der Waals surface area contributed by atoms with Crippen LogP contribution in [0, 0.1) is 0 Å². The number of hydrogen-bond acceptors (Lipinski definition) is 5. The van der Waals surface area contributed by atoms with E-state index in [0.717, 1.165) is 34.9 Å². The SMILES string of the molecule is O=C(O)CNC(=O)c1ccc(CN(CCc2ccccc2)c2nc(-c3ccc(-c4ccccc4)cc3)cs2)cc1. The van der Waals surface area contributed by atoms with Crippen molar-refractivity contribution >= 4 is 28.3 Å². The summed E-state index contributed by atoms with van der Waals surface area (Å²) in [6, 6.07) is 36.4. The Morgan fingerprint density at radius 2 is 1.38 bits per heavy atom. The number of carbonyl (C=O) groups excluding carboxylic acids is 1. The number of hydrogen-bond donors (Lipinski definition) is 2. The third kappa shape index (κ3) is 7.01. The summed E-state index contributed by atoms with van der Waals surface area (Å²) in [5, 5.41) is 14.2. The summed E-state index contributed by atoms with van der Waals surface area (Å²) in [7, 11) is 0. The van der Waals surface area contributed by atoms with Gasteiger partial charge in [-0.25, -0.2) is 4.98 Å². The number of rotatable bonds is 11. The number of amides is 1. The van der Waals surface area contributed by atoms with Crippen molar-refractivity contribution in [1.29, 1.82) is 0 Å². The van der Waals surface area contributed by atoms with Crippen molar-refractivity contribution in [2.45, 2.75) is 13.0 Å². The maximum atomic E-state index is 12.2. The van der Waals surface area contributed by atoms with E-state index >= 15 is 0 Å². The van der Waals surface area contributed by atoms with Crippen molar-refractivity contribution in [3.05, 3.63) is 131 Å². The van der Waals surface area contributed by atoms with Gasteiger partial charge in [-0.1, -0.05) is 97.1 Å². The van der Waals surface area contributed by atoms with Crippen LogP contribution in [0.15, 0.2) is 115 Å². The van der Waals surface area contributed by atoms with E-state index in [-0.39, 0.29) is 0 Å². The summed E-state index contributed by atoms with van der Waals surface area (Å²) < 4.78 is 0. The first-order chi connectivity index (χ1) is 19.5. The van der Waals surface area contributed by atoms with Crippen molar-refractivity contribution in [3.8, 4) is 22.4 Å². The van der Waals surface area contributed by atoms with Crippen LogP contribution >= 0.6 is 11.3 Å². The highest BCUT2D eigenvalue weighted by Gasteiger charge is 2.15. The third-order valence-electron chi connectivity index (χ3n) is 6.55. The van der Waals surface area contributed by atoms with E-state index in [1.54, 1.807) is 23.5 Å². The van der Waals surface area contributed by atoms with Crippen molar-refractivity contribution < 1.29 is 14.7 Å². The number of thiazole rings is 1. The van der Waals surface area contributed by atoms with Crippen molar-refractivity contribution in [2.75, 3.05) is 18.0 Å². The Morgan fingerprint density at radius 3 is 2.05 bits per heavy atom. The van der Waals surface area contributed by atoms with E-state index < -0.39 is 18.4 Å². The van der Waals surface area contributed by atoms with E-state index in [1.165, 1.54) is 16.7 Å². The number of nitrogens with zero attached hydrogens (tertiary/aromatic N) is 2. The molecule has 0 saturated carbocycles. The average Bonchev–Trinajstić information content (AvgIpc) is 3.50. The number of anilines is 1. The summed E-state index contributed by atoms with van der Waals surface area (Å²) in [5.41, 5.74) is 7.08. The highest BCUT2D eigenvalue weighted by atomic mass is 32.1. The van der Waals surface area contributed by atoms with Crippen LogP contribution < -0.4 is 10.2 Å². The van der Waals surface area contributed by atoms with Gasteiger partial charge in [0.2, 0.25) is 0 Å². The molecule has 0 atom stereocenters. The second-order valence-corrected chi connectivity index (χ2v) is 10.2. The number of aromatic nitrogens is 1. The van der Waals surface area contributed by atoms with Gasteiger partial charge < -0.3 is 15.3 Å². The quantitative estimate of drug-likeness (QED) is 0.196. The minimum Gasteiger partial charge on any atom is -0.480 e. The smallest absolute Gasteiger partial charge is 0.322 e. The fraction of sp³-hybridized carbons (Fsp3) is 0.121. The number of nitrogens with one attached hydrogen (secondary N) is 1. The molecule has 0 aliphatic heterocycles. The van der Waals surface area contributed by atoms with Crippen LogP contribution in [0.1, 0.15) is 21.5 Å². The normalized spacial score (nSPS) is 10.7. The van der Waals surface area contributed by atoms with Crippen LogP contribution in [-0.2, 0) is 17.8 Å². The standard InChI is InChI=1S/C33H29N3O3S/c37-31(38)21-34-32(39)29-13-11-25(12-14-29)22-36(20-19-24-7-3-1-4-8-24)33-35-30(23-40-33)28-17-15-27(16-18-28)26-9-5-2-6-10-26/h1-18,23H,19-22H2,(H,34,39)(H,37,38). The number of carboxylic acid groups (broad SMARTS) is 1. The highest BCUT2D eigenvalue weighted by molar-refractivity contribution is 7.14. The zero-order valence-electron chi connectivity index (χ0n) is 21.9. The molecule has 1 heterocycles. The largest absolute Gasteiger partial charge is 0.480 e. The van der Waals surface area contributed by atoms with Crippen LogP contribution in [0.5, 0.6) is 0 Å². The molecule has 1 amide bonds. The fourth-order valence-corrected chi connectivity index (χ4v) is 5.26. The Morgan fingerprint density at radius 1 is 0.750 bits per heavy atom. The molecule has 5 aromatic rings. The van der Waals surface area contributed by atoms with E-state index in [1.807, 2.05) is 36.4 Å². The summed E-state index contributed by atoms with van der Waals surface area (Å²) in [6.45, 7) is 1.00. The Hall–Kier alpha value is -4.75. The first-order valence-corrected chi connectivity index (χ1v) is 13.9. The van der Waals surface area contributed by atoms with Gasteiger partial charge in [-0.2, -0.15) is 0 Å². The van der Waals surface area contributed by atoms with Crippen LogP contribution in [0.2, 0.25) is 0 Å². The monoisotopic (exact) mass is 547 g/mol. The first-order valence-electron chi connectivity index (χ1n) is 13.0. The van der Waals surface area contributed by atoms with Crippen molar-refractivity contribution in [2.24, 2.45) is 0 Å². The molecule has 5 rings (SSSR count). The fourth-order valence-electron chi connectivity index (χ4n) is 4.40. The van der Waals surface area contributed by atoms with Gasteiger partial charge in [0.15, 0.2) is 5.13 Å². The molecule has 7 heteroatoms. The Labute approximate surface area is 237 Å². The third-order valence-corrected chi connectivity index (χ3v) is 7.45. The molecule has 0 aliphatic rings. The predicted molar refractivity (Wildman–Crippen MR) is 161 cm³/mol.